The number of carbonyl (C=O) groups is 1. The number of amidine groups is 1. The van der Waals surface area contributed by atoms with Gasteiger partial charge in [0.2, 0.25) is 0 Å². The number of nitrogens with zero attached hydrogens (tertiary/aromatic N) is 2. The van der Waals surface area contributed by atoms with Crippen molar-refractivity contribution in [1.82, 2.24) is 4.90 Å². The summed E-state index contributed by atoms with van der Waals surface area (Å²) in [6, 6.07) is 10.6. The zero-order valence-electron chi connectivity index (χ0n) is 12.9. The molecule has 0 bridgehead atoms. The Bertz CT molecular complexity index is 805. The number of benzene rings is 1. The molecule has 0 unspecified atom stereocenters. The van der Waals surface area contributed by atoms with Crippen molar-refractivity contribution in [1.29, 1.82) is 0 Å². The number of nitrogens with two attached hydrogens (primary N) is 1. The molecule has 4 rings (SSSR count). The topological polar surface area (TPSA) is 83.9 Å². The lowest BCUT2D eigenvalue weighted by molar-refractivity contribution is 0.0467. The number of fused-ring (bicyclic) bond motifs is 1. The first kappa shape index (κ1) is 14.7. The van der Waals surface area contributed by atoms with Crippen LogP contribution in [0.3, 0.4) is 0 Å². The molecule has 0 radical (unpaired) electrons. The first-order valence-electron chi connectivity index (χ1n) is 7.79. The average Bonchev–Trinajstić information content (AvgIpc) is 3.11. The highest BCUT2D eigenvalue weighted by Gasteiger charge is 2.47. The lowest BCUT2D eigenvalue weighted by atomic mass is 9.92. The van der Waals surface area contributed by atoms with E-state index in [2.05, 4.69) is 10.3 Å². The number of amides is 1. The molecule has 6 nitrogen and oxygen atoms in total. The molecule has 1 amide bonds. The number of hydrogen-bond donors (Lipinski definition) is 2. The highest BCUT2D eigenvalue weighted by atomic mass is 19.1. The van der Waals surface area contributed by atoms with E-state index in [1.165, 1.54) is 11.2 Å². The van der Waals surface area contributed by atoms with E-state index in [0.717, 1.165) is 11.3 Å². The van der Waals surface area contributed by atoms with Gasteiger partial charge in [-0.25, -0.2) is 9.38 Å². The molecule has 3 N–H and O–H groups in total. The molecule has 1 aromatic heterocycles. The maximum Gasteiger partial charge on any atom is 0.289 e. The van der Waals surface area contributed by atoms with Crippen molar-refractivity contribution in [2.75, 3.05) is 18.4 Å². The van der Waals surface area contributed by atoms with Gasteiger partial charge in [-0.1, -0.05) is 12.1 Å². The van der Waals surface area contributed by atoms with Crippen LogP contribution in [0.1, 0.15) is 22.5 Å². The van der Waals surface area contributed by atoms with Gasteiger partial charge < -0.3 is 20.4 Å². The molecule has 1 fully saturated rings. The molecule has 0 saturated carbocycles. The zero-order chi connectivity index (χ0) is 16.7. The van der Waals surface area contributed by atoms with Gasteiger partial charge in [0.15, 0.2) is 17.6 Å². The van der Waals surface area contributed by atoms with Crippen LogP contribution >= 0.6 is 0 Å². The summed E-state index contributed by atoms with van der Waals surface area (Å²) in [7, 11) is 0. The van der Waals surface area contributed by atoms with E-state index < -0.39 is 11.8 Å². The lowest BCUT2D eigenvalue weighted by Crippen LogP contribution is -2.59. The molecule has 124 valence electrons. The number of nitrogens with one attached hydrogen (secondary N) is 1. The fourth-order valence-electron chi connectivity index (χ4n) is 3.26. The fraction of sp³-hybridized carbons (Fsp3) is 0.294. The minimum Gasteiger partial charge on any atom is -0.459 e. The van der Waals surface area contributed by atoms with Crippen molar-refractivity contribution >= 4 is 17.4 Å². The van der Waals surface area contributed by atoms with Gasteiger partial charge in [-0.05, 0) is 24.3 Å². The molecule has 2 aliphatic heterocycles. The van der Waals surface area contributed by atoms with Crippen molar-refractivity contribution in [3.05, 3.63) is 54.0 Å². The normalized spacial score (nSPS) is 25.8. The molecule has 0 aliphatic carbocycles. The highest BCUT2D eigenvalue weighted by molar-refractivity contribution is 6.04. The standard InChI is InChI=1S/C17H17FN4O2/c18-14-10-22(16(23)13-6-3-9-24-13)8-7-17(14)20-12-5-2-1-4-11(12)15(19)21-17/h1-6,9,14,20H,7-8,10H2,(H2,19,21)/t14-,17+/m0/s1. The van der Waals surface area contributed by atoms with Crippen molar-refractivity contribution < 1.29 is 13.6 Å². The third-order valence-electron chi connectivity index (χ3n) is 4.56. The number of carbonyl (C=O) groups excluding carboxylic acids is 1. The van der Waals surface area contributed by atoms with Crippen LogP contribution in [-0.4, -0.2) is 41.6 Å². The summed E-state index contributed by atoms with van der Waals surface area (Å²) in [5.74, 6) is 0.214. The average molecular weight is 328 g/mol. The molecule has 2 aromatic rings. The Labute approximate surface area is 138 Å². The second-order valence-electron chi connectivity index (χ2n) is 6.04. The monoisotopic (exact) mass is 328 g/mol. The largest absolute Gasteiger partial charge is 0.459 e. The Balaban J connectivity index is 1.58. The lowest BCUT2D eigenvalue weighted by Gasteiger charge is -2.44. The van der Waals surface area contributed by atoms with Gasteiger partial charge in [-0.3, -0.25) is 4.79 Å². The summed E-state index contributed by atoms with van der Waals surface area (Å²) in [6.45, 7) is 0.303. The molecule has 2 atom stereocenters. The molecule has 2 aliphatic rings. The van der Waals surface area contributed by atoms with Crippen LogP contribution in [0, 0.1) is 0 Å². The quantitative estimate of drug-likeness (QED) is 0.838. The number of alkyl halides is 1. The molecular weight excluding hydrogens is 311 g/mol. The van der Waals surface area contributed by atoms with Gasteiger partial charge in [-0.2, -0.15) is 0 Å². The van der Waals surface area contributed by atoms with E-state index in [1.807, 2.05) is 24.3 Å². The minimum absolute atomic E-state index is 0.0640. The maximum atomic E-state index is 15.0. The smallest absolute Gasteiger partial charge is 0.289 e. The second kappa shape index (κ2) is 5.36. The zero-order valence-corrected chi connectivity index (χ0v) is 12.9. The van der Waals surface area contributed by atoms with E-state index in [4.69, 9.17) is 10.2 Å². The molecule has 3 heterocycles. The number of furan rings is 1. The third-order valence-corrected chi connectivity index (χ3v) is 4.56. The van der Waals surface area contributed by atoms with E-state index >= 15 is 0 Å². The van der Waals surface area contributed by atoms with Crippen LogP contribution in [0.25, 0.3) is 0 Å². The van der Waals surface area contributed by atoms with Crippen LogP contribution in [0.15, 0.2) is 52.1 Å². The Kier molecular flexibility index (Phi) is 3.30. The Morgan fingerprint density at radius 3 is 2.96 bits per heavy atom. The number of anilines is 1. The SMILES string of the molecule is NC1=N[C@@]2(CCN(C(=O)c3ccco3)C[C@@H]2F)Nc2ccccc21. The van der Waals surface area contributed by atoms with Crippen LogP contribution in [0.5, 0.6) is 0 Å². The minimum atomic E-state index is -1.38. The first-order chi connectivity index (χ1) is 11.6. The number of hydrogen-bond acceptors (Lipinski definition) is 5. The highest BCUT2D eigenvalue weighted by Crippen LogP contribution is 2.36. The Morgan fingerprint density at radius 2 is 2.21 bits per heavy atom. The summed E-state index contributed by atoms with van der Waals surface area (Å²) >= 11 is 0. The van der Waals surface area contributed by atoms with E-state index in [9.17, 15) is 9.18 Å². The Morgan fingerprint density at radius 1 is 1.38 bits per heavy atom. The molecule has 1 saturated heterocycles. The van der Waals surface area contributed by atoms with Crippen molar-refractivity contribution in [3.63, 3.8) is 0 Å². The number of piperidine rings is 1. The first-order valence-corrected chi connectivity index (χ1v) is 7.79. The fourth-order valence-corrected chi connectivity index (χ4v) is 3.26. The van der Waals surface area contributed by atoms with Gasteiger partial charge in [0, 0.05) is 24.2 Å². The summed E-state index contributed by atoms with van der Waals surface area (Å²) in [6.07, 6.45) is 0.378. The molecule has 1 aromatic carbocycles. The van der Waals surface area contributed by atoms with E-state index in [1.54, 1.807) is 12.1 Å². The number of likely N-dealkylation sites (tertiary alicyclic amines) is 1. The number of para-hydroxylation sites is 1. The number of rotatable bonds is 1. The number of aliphatic imine (C=N–C) groups is 1. The number of halogens is 1. The van der Waals surface area contributed by atoms with Gasteiger partial charge in [-0.15, -0.1) is 0 Å². The van der Waals surface area contributed by atoms with Crippen LogP contribution in [0.2, 0.25) is 0 Å². The van der Waals surface area contributed by atoms with Crippen molar-refractivity contribution in [2.45, 2.75) is 18.3 Å². The van der Waals surface area contributed by atoms with Gasteiger partial charge in [0.1, 0.15) is 5.84 Å². The van der Waals surface area contributed by atoms with Crippen LogP contribution in [-0.2, 0) is 0 Å². The predicted molar refractivity (Wildman–Crippen MR) is 87.6 cm³/mol. The second-order valence-corrected chi connectivity index (χ2v) is 6.04. The van der Waals surface area contributed by atoms with Gasteiger partial charge >= 0.3 is 0 Å². The molecule has 7 heteroatoms. The van der Waals surface area contributed by atoms with Crippen molar-refractivity contribution in [3.8, 4) is 0 Å². The third kappa shape index (κ3) is 2.24. The van der Waals surface area contributed by atoms with E-state index in [0.29, 0.717) is 18.8 Å². The predicted octanol–water partition coefficient (Wildman–Crippen LogP) is 1.99. The Hall–Kier alpha value is -2.83. The molecular formula is C17H17FN4O2. The summed E-state index contributed by atoms with van der Waals surface area (Å²) in [4.78, 5) is 18.2. The van der Waals surface area contributed by atoms with Crippen molar-refractivity contribution in [2.24, 2.45) is 10.7 Å². The van der Waals surface area contributed by atoms with Gasteiger partial charge in [0.25, 0.3) is 5.91 Å². The molecule has 1 spiro atoms. The summed E-state index contributed by atoms with van der Waals surface area (Å²) in [5, 5.41) is 3.18. The summed E-state index contributed by atoms with van der Waals surface area (Å²) < 4.78 is 20.1. The van der Waals surface area contributed by atoms with E-state index in [-0.39, 0.29) is 18.2 Å². The van der Waals surface area contributed by atoms with Gasteiger partial charge in [0.05, 0.1) is 12.8 Å². The maximum absolute atomic E-state index is 15.0. The van der Waals surface area contributed by atoms with Crippen LogP contribution < -0.4 is 11.1 Å². The molecule has 24 heavy (non-hydrogen) atoms. The summed E-state index contributed by atoms with van der Waals surface area (Å²) in [5.41, 5.74) is 6.44. The van der Waals surface area contributed by atoms with Crippen LogP contribution in [0.4, 0.5) is 10.1 Å².